The Hall–Kier alpha value is -3.97. The lowest BCUT2D eigenvalue weighted by atomic mass is 9.99. The Balaban J connectivity index is 0.00000225. The van der Waals surface area contributed by atoms with Crippen molar-refractivity contribution in [2.24, 2.45) is 0 Å². The third-order valence-corrected chi connectivity index (χ3v) is 4.35. The van der Waals surface area contributed by atoms with Crippen molar-refractivity contribution in [3.63, 3.8) is 0 Å². The number of rotatable bonds is 3. The molecule has 4 heteroatoms. The van der Waals surface area contributed by atoms with Crippen LogP contribution in [0, 0.1) is 11.3 Å². The molecule has 4 rings (SSSR count). The zero-order valence-corrected chi connectivity index (χ0v) is 14.4. The Labute approximate surface area is 164 Å². The van der Waals surface area contributed by atoms with Gasteiger partial charge in [-0.1, -0.05) is 49.9 Å². The van der Waals surface area contributed by atoms with Crippen molar-refractivity contribution in [3.05, 3.63) is 107 Å². The fraction of sp³-hybridized carbons (Fsp3) is 0.0417. The van der Waals surface area contributed by atoms with Gasteiger partial charge in [-0.15, -0.1) is 0 Å². The number of aromatic nitrogens is 2. The van der Waals surface area contributed by atoms with Gasteiger partial charge < -0.3 is 0 Å². The van der Waals surface area contributed by atoms with E-state index in [0.29, 0.717) is 16.7 Å². The van der Waals surface area contributed by atoms with Gasteiger partial charge in [0.2, 0.25) is 0 Å². The van der Waals surface area contributed by atoms with Crippen LogP contribution in [0.1, 0.15) is 13.0 Å². The number of nitriles is 1. The van der Waals surface area contributed by atoms with Gasteiger partial charge in [0.15, 0.2) is 0 Å². The van der Waals surface area contributed by atoms with Crippen molar-refractivity contribution in [1.82, 2.24) is 9.55 Å². The predicted molar refractivity (Wildman–Crippen MR) is 112 cm³/mol. The standard InChI is InChI=1S/C23H15N3O.CH4/c24-15-17-8-4-5-11-20(17)21-14-18(22-12-6-7-13-25-22)16-26(23(21)27)19-9-2-1-3-10-19;/h1-14,16H;1H4. The second kappa shape index (κ2) is 8.15. The molecule has 0 fully saturated rings. The van der Waals surface area contributed by atoms with Gasteiger partial charge in [-0.25, -0.2) is 0 Å². The van der Waals surface area contributed by atoms with Gasteiger partial charge in [0.1, 0.15) is 0 Å². The zero-order chi connectivity index (χ0) is 18.6. The molecule has 136 valence electrons. The van der Waals surface area contributed by atoms with Gasteiger partial charge in [0.05, 0.1) is 17.3 Å². The smallest absolute Gasteiger partial charge is 0.263 e. The maximum atomic E-state index is 13.3. The number of para-hydroxylation sites is 1. The molecule has 0 aliphatic rings. The highest BCUT2D eigenvalue weighted by molar-refractivity contribution is 5.74. The van der Waals surface area contributed by atoms with Crippen molar-refractivity contribution in [2.75, 3.05) is 0 Å². The lowest BCUT2D eigenvalue weighted by Crippen LogP contribution is -2.20. The van der Waals surface area contributed by atoms with Gasteiger partial charge in [-0.3, -0.25) is 14.3 Å². The normalized spacial score (nSPS) is 9.96. The van der Waals surface area contributed by atoms with Crippen LogP contribution in [-0.4, -0.2) is 9.55 Å². The molecule has 0 radical (unpaired) electrons. The summed E-state index contributed by atoms with van der Waals surface area (Å²) < 4.78 is 1.60. The number of pyridine rings is 2. The predicted octanol–water partition coefficient (Wildman–Crippen LogP) is 5.07. The van der Waals surface area contributed by atoms with E-state index in [4.69, 9.17) is 0 Å². The third-order valence-electron chi connectivity index (χ3n) is 4.35. The summed E-state index contributed by atoms with van der Waals surface area (Å²) in [4.78, 5) is 17.7. The van der Waals surface area contributed by atoms with Crippen LogP contribution in [0.5, 0.6) is 0 Å². The van der Waals surface area contributed by atoms with Gasteiger partial charge in [0.25, 0.3) is 5.56 Å². The molecule has 0 aliphatic heterocycles. The van der Waals surface area contributed by atoms with Crippen LogP contribution >= 0.6 is 0 Å². The van der Waals surface area contributed by atoms with E-state index in [-0.39, 0.29) is 13.0 Å². The number of hydrogen-bond acceptors (Lipinski definition) is 3. The first kappa shape index (κ1) is 18.8. The molecular weight excluding hydrogens is 346 g/mol. The SMILES string of the molecule is C.N#Cc1ccccc1-c1cc(-c2ccccn2)cn(-c2ccccc2)c1=O. The number of hydrogen-bond donors (Lipinski definition) is 0. The van der Waals surface area contributed by atoms with Gasteiger partial charge >= 0.3 is 0 Å². The lowest BCUT2D eigenvalue weighted by molar-refractivity contribution is 0.993. The first-order chi connectivity index (χ1) is 13.3. The molecule has 4 aromatic rings. The number of nitrogens with zero attached hydrogens (tertiary/aromatic N) is 3. The average molecular weight is 365 g/mol. The molecule has 0 spiro atoms. The van der Waals surface area contributed by atoms with E-state index in [2.05, 4.69) is 11.1 Å². The first-order valence-corrected chi connectivity index (χ1v) is 8.51. The quantitative estimate of drug-likeness (QED) is 0.509. The Morgan fingerprint density at radius 1 is 0.857 bits per heavy atom. The van der Waals surface area contributed by atoms with Crippen LogP contribution in [0.2, 0.25) is 0 Å². The van der Waals surface area contributed by atoms with E-state index >= 15 is 0 Å². The molecule has 0 atom stereocenters. The van der Waals surface area contributed by atoms with Crippen molar-refractivity contribution in [3.8, 4) is 34.1 Å². The first-order valence-electron chi connectivity index (χ1n) is 8.51. The minimum Gasteiger partial charge on any atom is -0.283 e. The highest BCUT2D eigenvalue weighted by Gasteiger charge is 2.14. The molecule has 0 saturated heterocycles. The summed E-state index contributed by atoms with van der Waals surface area (Å²) in [6.07, 6.45) is 3.51. The van der Waals surface area contributed by atoms with Crippen molar-refractivity contribution in [1.29, 1.82) is 5.26 Å². The summed E-state index contributed by atoms with van der Waals surface area (Å²) in [5.74, 6) is 0. The summed E-state index contributed by atoms with van der Waals surface area (Å²) in [5.41, 5.74) is 3.71. The fourth-order valence-corrected chi connectivity index (χ4v) is 3.04. The average Bonchev–Trinajstić information content (AvgIpc) is 2.75. The van der Waals surface area contributed by atoms with Crippen LogP contribution in [0.3, 0.4) is 0 Å². The lowest BCUT2D eigenvalue weighted by Gasteiger charge is -2.13. The molecule has 2 heterocycles. The highest BCUT2D eigenvalue weighted by Crippen LogP contribution is 2.26. The van der Waals surface area contributed by atoms with Crippen molar-refractivity contribution in [2.45, 2.75) is 7.43 Å². The third kappa shape index (κ3) is 3.46. The Bertz CT molecular complexity index is 1190. The van der Waals surface area contributed by atoms with Crippen LogP contribution < -0.4 is 5.56 Å². The second-order valence-corrected chi connectivity index (χ2v) is 6.03. The largest absolute Gasteiger partial charge is 0.283 e. The molecule has 0 unspecified atom stereocenters. The molecular formula is C24H19N3O. The van der Waals surface area contributed by atoms with E-state index in [1.165, 1.54) is 0 Å². The molecule has 28 heavy (non-hydrogen) atoms. The van der Waals surface area contributed by atoms with Gasteiger partial charge in [-0.05, 0) is 36.4 Å². The Morgan fingerprint density at radius 3 is 2.29 bits per heavy atom. The topological polar surface area (TPSA) is 58.7 Å². The number of benzene rings is 2. The molecule has 0 amide bonds. The van der Waals surface area contributed by atoms with E-state index in [1.807, 2.05) is 54.6 Å². The van der Waals surface area contributed by atoms with Crippen LogP contribution in [0.25, 0.3) is 28.1 Å². The molecule has 2 aromatic heterocycles. The summed E-state index contributed by atoms with van der Waals surface area (Å²) in [6.45, 7) is 0. The van der Waals surface area contributed by atoms with E-state index in [0.717, 1.165) is 16.9 Å². The van der Waals surface area contributed by atoms with Crippen molar-refractivity contribution >= 4 is 0 Å². The summed E-state index contributed by atoms with van der Waals surface area (Å²) in [5, 5.41) is 9.47. The van der Waals surface area contributed by atoms with Crippen molar-refractivity contribution < 1.29 is 0 Å². The van der Waals surface area contributed by atoms with Gasteiger partial charge in [0, 0.05) is 34.8 Å². The van der Waals surface area contributed by atoms with Crippen LogP contribution in [0.4, 0.5) is 0 Å². The Morgan fingerprint density at radius 2 is 1.57 bits per heavy atom. The highest BCUT2D eigenvalue weighted by atomic mass is 16.1. The Kier molecular flexibility index (Phi) is 5.48. The zero-order valence-electron chi connectivity index (χ0n) is 14.4. The minimum absolute atomic E-state index is 0. The molecule has 4 nitrogen and oxygen atoms in total. The van der Waals surface area contributed by atoms with E-state index in [1.54, 1.807) is 41.2 Å². The summed E-state index contributed by atoms with van der Waals surface area (Å²) in [6, 6.07) is 26.2. The summed E-state index contributed by atoms with van der Waals surface area (Å²) >= 11 is 0. The fourth-order valence-electron chi connectivity index (χ4n) is 3.04. The molecule has 0 aliphatic carbocycles. The monoisotopic (exact) mass is 365 g/mol. The minimum atomic E-state index is -0.177. The van der Waals surface area contributed by atoms with Gasteiger partial charge in [-0.2, -0.15) is 5.26 Å². The van der Waals surface area contributed by atoms with Crippen LogP contribution in [-0.2, 0) is 0 Å². The van der Waals surface area contributed by atoms with E-state index in [9.17, 15) is 10.1 Å². The summed E-state index contributed by atoms with van der Waals surface area (Å²) in [7, 11) is 0. The maximum absolute atomic E-state index is 13.3. The molecule has 0 bridgehead atoms. The molecule has 0 saturated carbocycles. The second-order valence-electron chi connectivity index (χ2n) is 6.03. The molecule has 0 N–H and O–H groups in total. The maximum Gasteiger partial charge on any atom is 0.263 e. The van der Waals surface area contributed by atoms with E-state index < -0.39 is 0 Å². The van der Waals surface area contributed by atoms with Crippen LogP contribution in [0.15, 0.2) is 96.1 Å². The molecule has 2 aromatic carbocycles.